The number of carbonyl (C=O) groups excluding carboxylic acids is 2. The van der Waals surface area contributed by atoms with Gasteiger partial charge in [-0.05, 0) is 30.5 Å². The molecule has 35 heavy (non-hydrogen) atoms. The smallest absolute Gasteiger partial charge is 0.279 e. The summed E-state index contributed by atoms with van der Waals surface area (Å²) in [6, 6.07) is 7.51. The van der Waals surface area contributed by atoms with Crippen LogP contribution >= 0.6 is 11.6 Å². The Morgan fingerprint density at radius 3 is 2.49 bits per heavy atom. The van der Waals surface area contributed by atoms with Crippen molar-refractivity contribution in [2.24, 2.45) is 10.7 Å². The predicted octanol–water partition coefficient (Wildman–Crippen LogP) is 0.171. The third kappa shape index (κ3) is 7.50. The monoisotopic (exact) mass is 503 g/mol. The number of halogens is 1. The zero-order valence-corrected chi connectivity index (χ0v) is 20.2. The first kappa shape index (κ1) is 26.1. The number of likely N-dealkylation sites (tertiary alicyclic amines) is 1. The van der Waals surface area contributed by atoms with Crippen molar-refractivity contribution in [2.75, 3.05) is 44.8 Å². The summed E-state index contributed by atoms with van der Waals surface area (Å²) in [4.78, 5) is 39.2. The standard InChI is InChI=1S/C22H30ClN9O3/c1-35-15-4-2-13(3-5-15)11-27-17(33)12-32-8-6-14(7-9-32)28-16(10-24)29-22(34)18-20(25)31-21(26)19(23)30-18/h2-5,14H,6-12,24H2,1H3,(H,27,33)(H4,25,26,31)(H,28,29,34). The number of anilines is 2. The Hall–Kier alpha value is -3.48. The molecule has 1 fully saturated rings. The highest BCUT2D eigenvalue weighted by Gasteiger charge is 2.22. The topological polar surface area (TPSA) is 187 Å². The van der Waals surface area contributed by atoms with E-state index in [-0.39, 0.29) is 41.0 Å². The highest BCUT2D eigenvalue weighted by atomic mass is 35.5. The molecule has 188 valence electrons. The number of amidine groups is 1. The molecule has 3 rings (SSSR count). The molecule has 0 saturated carbocycles. The largest absolute Gasteiger partial charge is 0.497 e. The highest BCUT2D eigenvalue weighted by molar-refractivity contribution is 6.31. The van der Waals surface area contributed by atoms with Crippen molar-refractivity contribution in [1.82, 2.24) is 25.5 Å². The lowest BCUT2D eigenvalue weighted by atomic mass is 10.1. The number of amides is 2. The van der Waals surface area contributed by atoms with Crippen LogP contribution in [0.1, 0.15) is 28.9 Å². The van der Waals surface area contributed by atoms with Crippen LogP contribution in [0, 0.1) is 0 Å². The molecule has 0 spiro atoms. The first-order valence-corrected chi connectivity index (χ1v) is 11.5. The Bertz CT molecular complexity index is 1070. The van der Waals surface area contributed by atoms with Gasteiger partial charge in [0.15, 0.2) is 22.5 Å². The van der Waals surface area contributed by atoms with Gasteiger partial charge in [-0.2, -0.15) is 0 Å². The Kier molecular flexibility index (Phi) is 9.18. The number of aliphatic imine (C=N–C) groups is 1. The number of nitrogens with one attached hydrogen (secondary N) is 2. The van der Waals surface area contributed by atoms with E-state index in [2.05, 4.69) is 30.5 Å². The van der Waals surface area contributed by atoms with Crippen LogP contribution in [0.5, 0.6) is 5.75 Å². The number of nitrogens with two attached hydrogens (primary N) is 3. The molecule has 2 heterocycles. The van der Waals surface area contributed by atoms with E-state index in [1.807, 2.05) is 24.3 Å². The van der Waals surface area contributed by atoms with Gasteiger partial charge < -0.3 is 32.6 Å². The molecule has 0 aliphatic carbocycles. The number of rotatable bonds is 8. The van der Waals surface area contributed by atoms with E-state index >= 15 is 0 Å². The van der Waals surface area contributed by atoms with Crippen LogP contribution in [0.15, 0.2) is 29.3 Å². The summed E-state index contributed by atoms with van der Waals surface area (Å²) in [7, 11) is 1.61. The lowest BCUT2D eigenvalue weighted by Crippen LogP contribution is -2.43. The molecular formula is C22H30ClN9O3. The van der Waals surface area contributed by atoms with Gasteiger partial charge in [-0.1, -0.05) is 23.7 Å². The van der Waals surface area contributed by atoms with Gasteiger partial charge in [0.1, 0.15) is 11.6 Å². The molecule has 2 amide bonds. The van der Waals surface area contributed by atoms with Crippen LogP contribution in [0.25, 0.3) is 0 Å². The van der Waals surface area contributed by atoms with Gasteiger partial charge >= 0.3 is 0 Å². The summed E-state index contributed by atoms with van der Waals surface area (Å²) in [6.45, 7) is 2.18. The van der Waals surface area contributed by atoms with Gasteiger partial charge in [-0.15, -0.1) is 0 Å². The number of hydrogen-bond acceptors (Lipinski definition) is 10. The van der Waals surface area contributed by atoms with Crippen molar-refractivity contribution in [2.45, 2.75) is 25.4 Å². The van der Waals surface area contributed by atoms with Gasteiger partial charge in [-0.25, -0.2) is 9.97 Å². The number of methoxy groups -OCH3 is 1. The lowest BCUT2D eigenvalue weighted by molar-refractivity contribution is -0.122. The number of nitrogens with zero attached hydrogens (tertiary/aromatic N) is 4. The quantitative estimate of drug-likeness (QED) is 0.247. The fraction of sp³-hybridized carbons (Fsp3) is 0.409. The Morgan fingerprint density at radius 1 is 1.17 bits per heavy atom. The second kappa shape index (κ2) is 12.3. The second-order valence-electron chi connectivity index (χ2n) is 8.00. The van der Waals surface area contributed by atoms with Crippen LogP contribution in [-0.4, -0.2) is 71.8 Å². The molecule has 0 unspecified atom stereocenters. The molecule has 2 aromatic rings. The first-order chi connectivity index (χ1) is 16.8. The number of benzene rings is 1. The first-order valence-electron chi connectivity index (χ1n) is 11.1. The average Bonchev–Trinajstić information content (AvgIpc) is 2.85. The molecular weight excluding hydrogens is 474 g/mol. The van der Waals surface area contributed by atoms with Gasteiger partial charge in [0.2, 0.25) is 5.91 Å². The van der Waals surface area contributed by atoms with Gasteiger partial charge in [0.25, 0.3) is 5.91 Å². The van der Waals surface area contributed by atoms with Gasteiger partial charge in [0, 0.05) is 19.6 Å². The van der Waals surface area contributed by atoms with E-state index in [4.69, 9.17) is 33.5 Å². The third-order valence-electron chi connectivity index (χ3n) is 5.48. The van der Waals surface area contributed by atoms with Gasteiger partial charge in [-0.3, -0.25) is 19.5 Å². The molecule has 8 N–H and O–H groups in total. The maximum Gasteiger partial charge on any atom is 0.279 e. The number of carbonyl (C=O) groups is 2. The maximum absolute atomic E-state index is 12.5. The minimum absolute atomic E-state index is 0.0236. The molecule has 0 radical (unpaired) electrons. The van der Waals surface area contributed by atoms with Crippen LogP contribution < -0.4 is 32.6 Å². The van der Waals surface area contributed by atoms with E-state index in [0.29, 0.717) is 32.0 Å². The summed E-state index contributed by atoms with van der Waals surface area (Å²) >= 11 is 5.84. The number of aromatic nitrogens is 2. The van der Waals surface area contributed by atoms with E-state index in [0.717, 1.165) is 24.2 Å². The number of hydrogen-bond donors (Lipinski definition) is 5. The van der Waals surface area contributed by atoms with Crippen molar-refractivity contribution in [3.8, 4) is 5.75 Å². The van der Waals surface area contributed by atoms with Crippen molar-refractivity contribution in [3.05, 3.63) is 40.7 Å². The van der Waals surface area contributed by atoms with Crippen LogP contribution in [0.3, 0.4) is 0 Å². The number of piperidine rings is 1. The second-order valence-corrected chi connectivity index (χ2v) is 8.36. The van der Waals surface area contributed by atoms with Crippen molar-refractivity contribution >= 4 is 40.9 Å². The van der Waals surface area contributed by atoms with Crippen LogP contribution in [0.2, 0.25) is 5.15 Å². The fourth-order valence-corrected chi connectivity index (χ4v) is 3.69. The number of ether oxygens (including phenoxy) is 1. The molecule has 1 aromatic heterocycles. The molecule has 1 aromatic carbocycles. The summed E-state index contributed by atoms with van der Waals surface area (Å²) < 4.78 is 5.14. The molecule has 1 aliphatic rings. The lowest BCUT2D eigenvalue weighted by Gasteiger charge is -2.30. The SMILES string of the molecule is COc1ccc(CNC(=O)CN2CCC(N=C(CN)NC(=O)c3nc(Cl)c(N)nc3N)CC2)cc1. The summed E-state index contributed by atoms with van der Waals surface area (Å²) in [5.74, 6) is 0.217. The Balaban J connectivity index is 1.46. The van der Waals surface area contributed by atoms with Crippen LogP contribution in [0.4, 0.5) is 11.6 Å². The Labute approximate surface area is 208 Å². The average molecular weight is 504 g/mol. The normalized spacial score (nSPS) is 15.0. The van der Waals surface area contributed by atoms with Crippen molar-refractivity contribution < 1.29 is 14.3 Å². The Morgan fingerprint density at radius 2 is 1.86 bits per heavy atom. The van der Waals surface area contributed by atoms with Crippen molar-refractivity contribution in [1.29, 1.82) is 0 Å². The molecule has 13 heteroatoms. The highest BCUT2D eigenvalue weighted by Crippen LogP contribution is 2.18. The zero-order chi connectivity index (χ0) is 25.4. The van der Waals surface area contributed by atoms with Gasteiger partial charge in [0.05, 0.1) is 26.2 Å². The molecule has 0 bridgehead atoms. The molecule has 1 aliphatic heterocycles. The number of nitrogen functional groups attached to an aromatic ring is 2. The third-order valence-corrected chi connectivity index (χ3v) is 5.76. The summed E-state index contributed by atoms with van der Waals surface area (Å²) in [5.41, 5.74) is 17.9. The van der Waals surface area contributed by atoms with E-state index in [1.54, 1.807) is 7.11 Å². The summed E-state index contributed by atoms with van der Waals surface area (Å²) in [5, 5.41) is 5.44. The van der Waals surface area contributed by atoms with Crippen LogP contribution in [-0.2, 0) is 11.3 Å². The molecule has 12 nitrogen and oxygen atoms in total. The maximum atomic E-state index is 12.5. The van der Waals surface area contributed by atoms with E-state index in [9.17, 15) is 9.59 Å². The zero-order valence-electron chi connectivity index (χ0n) is 19.5. The van der Waals surface area contributed by atoms with E-state index < -0.39 is 5.91 Å². The van der Waals surface area contributed by atoms with E-state index in [1.165, 1.54) is 0 Å². The minimum atomic E-state index is -0.618. The van der Waals surface area contributed by atoms with Crippen molar-refractivity contribution in [3.63, 3.8) is 0 Å². The molecule has 1 saturated heterocycles. The predicted molar refractivity (Wildman–Crippen MR) is 134 cm³/mol. The summed E-state index contributed by atoms with van der Waals surface area (Å²) in [6.07, 6.45) is 1.45. The minimum Gasteiger partial charge on any atom is -0.497 e. The fourth-order valence-electron chi connectivity index (χ4n) is 3.56. The molecule has 0 atom stereocenters.